The first-order chi connectivity index (χ1) is 8.62. The van der Waals surface area contributed by atoms with Crippen molar-refractivity contribution in [3.8, 4) is 6.07 Å². The quantitative estimate of drug-likeness (QED) is 0.740. The molecule has 96 valence electrons. The van der Waals surface area contributed by atoms with Crippen LogP contribution in [0.4, 0.5) is 5.82 Å². The van der Waals surface area contributed by atoms with E-state index in [1.165, 1.54) is 0 Å². The maximum absolute atomic E-state index is 11.5. The molecule has 0 saturated carbocycles. The molecule has 0 saturated heterocycles. The van der Waals surface area contributed by atoms with Crippen molar-refractivity contribution in [2.75, 3.05) is 24.6 Å². The Morgan fingerprint density at radius 1 is 1.50 bits per heavy atom. The lowest BCUT2D eigenvalue weighted by Gasteiger charge is -2.22. The summed E-state index contributed by atoms with van der Waals surface area (Å²) in [5.41, 5.74) is 1.28. The Morgan fingerprint density at radius 3 is 2.78 bits per heavy atom. The van der Waals surface area contributed by atoms with Crippen molar-refractivity contribution < 1.29 is 9.53 Å². The van der Waals surface area contributed by atoms with Crippen molar-refractivity contribution in [2.24, 2.45) is 0 Å². The SMILES string of the molecule is CCOC(=O)CN(CC)c1nc(C)ccc1C#N. The number of esters is 1. The maximum Gasteiger partial charge on any atom is 0.325 e. The summed E-state index contributed by atoms with van der Waals surface area (Å²) in [6.45, 7) is 6.56. The zero-order valence-corrected chi connectivity index (χ0v) is 10.9. The number of ether oxygens (including phenoxy) is 1. The van der Waals surface area contributed by atoms with Crippen LogP contribution in [0.2, 0.25) is 0 Å². The summed E-state index contributed by atoms with van der Waals surface area (Å²) in [4.78, 5) is 17.6. The van der Waals surface area contributed by atoms with E-state index in [2.05, 4.69) is 11.1 Å². The molecule has 0 aromatic carbocycles. The number of rotatable bonds is 5. The van der Waals surface area contributed by atoms with Gasteiger partial charge in [-0.2, -0.15) is 5.26 Å². The third-order valence-electron chi connectivity index (χ3n) is 2.44. The highest BCUT2D eigenvalue weighted by atomic mass is 16.5. The van der Waals surface area contributed by atoms with Crippen LogP contribution in [0.3, 0.4) is 0 Å². The predicted octanol–water partition coefficient (Wildman–Crippen LogP) is 1.65. The Balaban J connectivity index is 2.98. The number of nitrogens with zero attached hydrogens (tertiary/aromatic N) is 3. The van der Waals surface area contributed by atoms with Gasteiger partial charge in [-0.25, -0.2) is 4.98 Å². The zero-order valence-electron chi connectivity index (χ0n) is 10.9. The molecule has 18 heavy (non-hydrogen) atoms. The summed E-state index contributed by atoms with van der Waals surface area (Å²) in [6, 6.07) is 5.58. The van der Waals surface area contributed by atoms with E-state index < -0.39 is 0 Å². The molecule has 0 aliphatic rings. The zero-order chi connectivity index (χ0) is 13.5. The van der Waals surface area contributed by atoms with Crippen LogP contribution in [0.1, 0.15) is 25.1 Å². The second kappa shape index (κ2) is 6.60. The third kappa shape index (κ3) is 3.45. The lowest BCUT2D eigenvalue weighted by molar-refractivity contribution is -0.141. The van der Waals surface area contributed by atoms with Gasteiger partial charge < -0.3 is 9.64 Å². The lowest BCUT2D eigenvalue weighted by Crippen LogP contribution is -2.32. The summed E-state index contributed by atoms with van der Waals surface area (Å²) in [5, 5.41) is 9.06. The van der Waals surface area contributed by atoms with E-state index in [0.29, 0.717) is 24.5 Å². The lowest BCUT2D eigenvalue weighted by atomic mass is 10.2. The number of likely N-dealkylation sites (N-methyl/N-ethyl adjacent to an activating group) is 1. The van der Waals surface area contributed by atoms with Gasteiger partial charge in [0, 0.05) is 12.2 Å². The smallest absolute Gasteiger partial charge is 0.325 e. The van der Waals surface area contributed by atoms with Gasteiger partial charge in [-0.15, -0.1) is 0 Å². The van der Waals surface area contributed by atoms with Gasteiger partial charge in [-0.05, 0) is 32.9 Å². The Hall–Kier alpha value is -2.09. The number of carbonyl (C=O) groups excluding carboxylic acids is 1. The summed E-state index contributed by atoms with van der Waals surface area (Å²) >= 11 is 0. The van der Waals surface area contributed by atoms with Crippen LogP contribution in [-0.4, -0.2) is 30.6 Å². The fourth-order valence-corrected chi connectivity index (χ4v) is 1.57. The summed E-state index contributed by atoms with van der Waals surface area (Å²) in [6.07, 6.45) is 0. The van der Waals surface area contributed by atoms with E-state index >= 15 is 0 Å². The minimum Gasteiger partial charge on any atom is -0.465 e. The molecule has 0 N–H and O–H groups in total. The van der Waals surface area contributed by atoms with Gasteiger partial charge >= 0.3 is 5.97 Å². The maximum atomic E-state index is 11.5. The highest BCUT2D eigenvalue weighted by molar-refractivity contribution is 5.76. The second-order valence-electron chi connectivity index (χ2n) is 3.75. The molecule has 0 fully saturated rings. The van der Waals surface area contributed by atoms with Crippen molar-refractivity contribution in [3.05, 3.63) is 23.4 Å². The van der Waals surface area contributed by atoms with E-state index in [1.54, 1.807) is 24.0 Å². The monoisotopic (exact) mass is 247 g/mol. The highest BCUT2D eigenvalue weighted by Crippen LogP contribution is 2.17. The minimum absolute atomic E-state index is 0.107. The Kier molecular flexibility index (Phi) is 5.12. The molecule has 1 aromatic heterocycles. The highest BCUT2D eigenvalue weighted by Gasteiger charge is 2.15. The number of hydrogen-bond acceptors (Lipinski definition) is 5. The molecule has 0 aliphatic carbocycles. The van der Waals surface area contributed by atoms with E-state index in [9.17, 15) is 4.79 Å². The molecule has 0 amide bonds. The number of carbonyl (C=O) groups is 1. The van der Waals surface area contributed by atoms with Gasteiger partial charge in [0.05, 0.1) is 12.2 Å². The summed E-state index contributed by atoms with van der Waals surface area (Å²) in [5.74, 6) is 0.222. The van der Waals surface area contributed by atoms with Gasteiger partial charge in [0.2, 0.25) is 0 Å². The first kappa shape index (κ1) is 14.0. The summed E-state index contributed by atoms with van der Waals surface area (Å²) < 4.78 is 4.91. The van der Waals surface area contributed by atoms with E-state index in [4.69, 9.17) is 10.00 Å². The number of pyridine rings is 1. The average molecular weight is 247 g/mol. The molecule has 5 heteroatoms. The van der Waals surface area contributed by atoms with Crippen molar-refractivity contribution in [1.82, 2.24) is 4.98 Å². The Morgan fingerprint density at radius 2 is 2.22 bits per heavy atom. The van der Waals surface area contributed by atoms with Crippen molar-refractivity contribution in [3.63, 3.8) is 0 Å². The molecule has 1 aromatic rings. The molecule has 0 unspecified atom stereocenters. The fourth-order valence-electron chi connectivity index (χ4n) is 1.57. The van der Waals surface area contributed by atoms with Gasteiger partial charge in [0.25, 0.3) is 0 Å². The van der Waals surface area contributed by atoms with Crippen LogP contribution in [0.15, 0.2) is 12.1 Å². The number of hydrogen-bond donors (Lipinski definition) is 0. The summed E-state index contributed by atoms with van der Waals surface area (Å²) in [7, 11) is 0. The van der Waals surface area contributed by atoms with Gasteiger partial charge in [0.15, 0.2) is 0 Å². The Bertz CT molecular complexity index is 466. The number of aryl methyl sites for hydroxylation is 1. The van der Waals surface area contributed by atoms with Crippen LogP contribution in [0, 0.1) is 18.3 Å². The minimum atomic E-state index is -0.313. The van der Waals surface area contributed by atoms with E-state index in [-0.39, 0.29) is 12.5 Å². The Labute approximate surface area is 107 Å². The molecule has 0 bridgehead atoms. The normalized spacial score (nSPS) is 9.67. The van der Waals surface area contributed by atoms with Crippen molar-refractivity contribution >= 4 is 11.8 Å². The van der Waals surface area contributed by atoms with Crippen LogP contribution in [0.5, 0.6) is 0 Å². The number of anilines is 1. The molecule has 1 heterocycles. The van der Waals surface area contributed by atoms with E-state index in [1.807, 2.05) is 13.8 Å². The standard InChI is InChI=1S/C13H17N3O2/c1-4-16(9-12(17)18-5-2)13-11(8-14)7-6-10(3)15-13/h6-7H,4-5,9H2,1-3H3. The third-order valence-corrected chi connectivity index (χ3v) is 2.44. The van der Waals surface area contributed by atoms with Crippen molar-refractivity contribution in [2.45, 2.75) is 20.8 Å². The predicted molar refractivity (Wildman–Crippen MR) is 68.2 cm³/mol. The van der Waals surface area contributed by atoms with Crippen LogP contribution >= 0.6 is 0 Å². The number of aromatic nitrogens is 1. The fraction of sp³-hybridized carbons (Fsp3) is 0.462. The van der Waals surface area contributed by atoms with Crippen LogP contribution in [-0.2, 0) is 9.53 Å². The molecule has 1 rings (SSSR count). The molecule has 0 aliphatic heterocycles. The first-order valence-corrected chi connectivity index (χ1v) is 5.90. The van der Waals surface area contributed by atoms with Crippen LogP contribution < -0.4 is 4.90 Å². The number of nitriles is 1. The van der Waals surface area contributed by atoms with Crippen LogP contribution in [0.25, 0.3) is 0 Å². The molecule has 5 nitrogen and oxygen atoms in total. The average Bonchev–Trinajstić information content (AvgIpc) is 2.36. The first-order valence-electron chi connectivity index (χ1n) is 5.90. The van der Waals surface area contributed by atoms with Crippen molar-refractivity contribution in [1.29, 1.82) is 5.26 Å². The van der Waals surface area contributed by atoms with Gasteiger partial charge in [-0.3, -0.25) is 4.79 Å². The largest absolute Gasteiger partial charge is 0.465 e. The molecular weight excluding hydrogens is 230 g/mol. The van der Waals surface area contributed by atoms with Gasteiger partial charge in [-0.1, -0.05) is 0 Å². The van der Waals surface area contributed by atoms with Gasteiger partial charge in [0.1, 0.15) is 18.4 Å². The topological polar surface area (TPSA) is 66.2 Å². The second-order valence-corrected chi connectivity index (χ2v) is 3.75. The molecule has 0 radical (unpaired) electrons. The molecular formula is C13H17N3O2. The molecule has 0 spiro atoms. The molecule has 0 atom stereocenters. The van der Waals surface area contributed by atoms with E-state index in [0.717, 1.165) is 5.69 Å².